The van der Waals surface area contributed by atoms with E-state index < -0.39 is 17.5 Å². The minimum atomic E-state index is -0.999. The first-order chi connectivity index (χ1) is 15.5. The lowest BCUT2D eigenvalue weighted by atomic mass is 9.93. The molecular weight excluding hydrogens is 430 g/mol. The van der Waals surface area contributed by atoms with E-state index in [4.69, 9.17) is 9.84 Å². The number of hydrogen-bond donors (Lipinski definition) is 2. The molecule has 0 aliphatic carbocycles. The van der Waals surface area contributed by atoms with E-state index in [1.165, 1.54) is 10.7 Å². The van der Waals surface area contributed by atoms with Gasteiger partial charge in [0.25, 0.3) is 11.8 Å². The summed E-state index contributed by atoms with van der Waals surface area (Å²) in [5, 5.41) is 15.4. The molecule has 182 valence electrons. The SMILES string of the molecule is CC(C)(C)OC(=O)N1CCC(CCN2CCn3nc(C(=O)NCCC(=O)O)cc3C2=O)CC1. The number of rotatable bonds is 7. The van der Waals surface area contributed by atoms with Crippen molar-refractivity contribution in [1.29, 1.82) is 0 Å². The maximum atomic E-state index is 12.9. The summed E-state index contributed by atoms with van der Waals surface area (Å²) in [6.07, 6.45) is 2.15. The molecule has 3 amide bonds. The number of aliphatic carboxylic acids is 1. The molecule has 0 radical (unpaired) electrons. The Balaban J connectivity index is 1.46. The fraction of sp³-hybridized carbons (Fsp3) is 0.682. The Morgan fingerprint density at radius 3 is 2.52 bits per heavy atom. The van der Waals surface area contributed by atoms with Crippen molar-refractivity contribution in [2.75, 3.05) is 32.7 Å². The molecule has 0 unspecified atom stereocenters. The summed E-state index contributed by atoms with van der Waals surface area (Å²) in [5.74, 6) is -1.22. The van der Waals surface area contributed by atoms with E-state index in [9.17, 15) is 19.2 Å². The molecule has 1 fully saturated rings. The van der Waals surface area contributed by atoms with Crippen LogP contribution in [-0.4, -0.2) is 86.9 Å². The molecule has 33 heavy (non-hydrogen) atoms. The van der Waals surface area contributed by atoms with Gasteiger partial charge in [-0.15, -0.1) is 0 Å². The lowest BCUT2D eigenvalue weighted by Crippen LogP contribution is -2.43. The quantitative estimate of drug-likeness (QED) is 0.627. The molecule has 1 aromatic rings. The minimum Gasteiger partial charge on any atom is -0.481 e. The normalized spacial score (nSPS) is 17.0. The Morgan fingerprint density at radius 2 is 1.88 bits per heavy atom. The van der Waals surface area contributed by atoms with Crippen LogP contribution in [0.25, 0.3) is 0 Å². The minimum absolute atomic E-state index is 0.00315. The van der Waals surface area contributed by atoms with Crippen LogP contribution in [0.3, 0.4) is 0 Å². The van der Waals surface area contributed by atoms with Crippen LogP contribution in [0.5, 0.6) is 0 Å². The molecule has 0 saturated carbocycles. The zero-order valence-electron chi connectivity index (χ0n) is 19.5. The summed E-state index contributed by atoms with van der Waals surface area (Å²) in [6.45, 7) is 8.51. The van der Waals surface area contributed by atoms with E-state index >= 15 is 0 Å². The lowest BCUT2D eigenvalue weighted by molar-refractivity contribution is -0.136. The van der Waals surface area contributed by atoms with Crippen LogP contribution >= 0.6 is 0 Å². The average molecular weight is 464 g/mol. The largest absolute Gasteiger partial charge is 0.481 e. The molecule has 0 aromatic carbocycles. The van der Waals surface area contributed by atoms with Gasteiger partial charge < -0.3 is 25.0 Å². The first-order valence-corrected chi connectivity index (χ1v) is 11.4. The molecule has 2 aliphatic rings. The number of hydrogen-bond acceptors (Lipinski definition) is 6. The van der Waals surface area contributed by atoms with Crippen molar-refractivity contribution in [1.82, 2.24) is 24.9 Å². The molecule has 0 bridgehead atoms. The van der Waals surface area contributed by atoms with Crippen molar-refractivity contribution in [3.05, 3.63) is 17.5 Å². The van der Waals surface area contributed by atoms with E-state index in [-0.39, 0.29) is 30.7 Å². The average Bonchev–Trinajstić information content (AvgIpc) is 3.17. The maximum Gasteiger partial charge on any atom is 0.410 e. The number of carbonyl (C=O) groups excluding carboxylic acids is 3. The molecule has 3 heterocycles. The predicted molar refractivity (Wildman–Crippen MR) is 118 cm³/mol. The molecule has 1 aromatic heterocycles. The second-order valence-corrected chi connectivity index (χ2v) is 9.53. The molecule has 2 aliphatic heterocycles. The predicted octanol–water partition coefficient (Wildman–Crippen LogP) is 1.58. The number of piperidine rings is 1. The topological polar surface area (TPSA) is 134 Å². The third kappa shape index (κ3) is 6.69. The number of nitrogens with zero attached hydrogens (tertiary/aromatic N) is 4. The molecule has 2 N–H and O–H groups in total. The Kier molecular flexibility index (Phi) is 7.60. The van der Waals surface area contributed by atoms with Gasteiger partial charge >= 0.3 is 12.1 Å². The fourth-order valence-corrected chi connectivity index (χ4v) is 4.01. The highest BCUT2D eigenvalue weighted by molar-refractivity contribution is 5.98. The number of nitrogens with one attached hydrogen (secondary N) is 1. The van der Waals surface area contributed by atoms with Gasteiger partial charge in [-0.05, 0) is 46.0 Å². The Labute approximate surface area is 193 Å². The fourth-order valence-electron chi connectivity index (χ4n) is 4.01. The van der Waals surface area contributed by atoms with Crippen molar-refractivity contribution in [3.63, 3.8) is 0 Å². The van der Waals surface area contributed by atoms with Gasteiger partial charge in [-0.25, -0.2) is 4.79 Å². The molecule has 0 spiro atoms. The number of aromatic nitrogens is 2. The van der Waals surface area contributed by atoms with Gasteiger partial charge in [-0.3, -0.25) is 19.1 Å². The van der Waals surface area contributed by atoms with Gasteiger partial charge in [0.1, 0.15) is 11.3 Å². The van der Waals surface area contributed by atoms with E-state index in [1.807, 2.05) is 20.8 Å². The summed E-state index contributed by atoms with van der Waals surface area (Å²) < 4.78 is 6.97. The maximum absolute atomic E-state index is 12.9. The highest BCUT2D eigenvalue weighted by atomic mass is 16.6. The van der Waals surface area contributed by atoms with Crippen LogP contribution in [0.2, 0.25) is 0 Å². The second-order valence-electron chi connectivity index (χ2n) is 9.53. The third-order valence-electron chi connectivity index (χ3n) is 5.80. The highest BCUT2D eigenvalue weighted by Gasteiger charge is 2.30. The zero-order valence-corrected chi connectivity index (χ0v) is 19.5. The molecule has 0 atom stereocenters. The molecular formula is C22H33N5O6. The third-order valence-corrected chi connectivity index (χ3v) is 5.80. The number of carbonyl (C=O) groups is 4. The summed E-state index contributed by atoms with van der Waals surface area (Å²) >= 11 is 0. The number of likely N-dealkylation sites (tertiary alicyclic amines) is 1. The zero-order chi connectivity index (χ0) is 24.2. The van der Waals surface area contributed by atoms with E-state index in [0.29, 0.717) is 44.3 Å². The van der Waals surface area contributed by atoms with Crippen LogP contribution in [0.15, 0.2) is 6.07 Å². The van der Waals surface area contributed by atoms with Gasteiger partial charge in [0.2, 0.25) is 0 Å². The molecule has 11 heteroatoms. The second kappa shape index (κ2) is 10.2. The lowest BCUT2D eigenvalue weighted by Gasteiger charge is -2.34. The van der Waals surface area contributed by atoms with Gasteiger partial charge in [0.05, 0.1) is 13.0 Å². The van der Waals surface area contributed by atoms with E-state index in [2.05, 4.69) is 10.4 Å². The Hall–Kier alpha value is -3.11. The van der Waals surface area contributed by atoms with Gasteiger partial charge in [0, 0.05) is 38.8 Å². The standard InChI is InChI=1S/C22H33N5O6/c1-22(2,3)33-21(32)26-10-6-15(7-11-26)5-9-25-12-13-27-17(20(25)31)14-16(24-27)19(30)23-8-4-18(28)29/h14-15H,4-13H2,1-3H3,(H,23,30)(H,28,29). The Bertz CT molecular complexity index is 898. The van der Waals surface area contributed by atoms with Crippen LogP contribution < -0.4 is 5.32 Å². The number of fused-ring (bicyclic) bond motifs is 1. The van der Waals surface area contributed by atoms with Gasteiger partial charge in [-0.1, -0.05) is 0 Å². The number of amides is 3. The first-order valence-electron chi connectivity index (χ1n) is 11.4. The summed E-state index contributed by atoms with van der Waals surface area (Å²) in [7, 11) is 0. The number of ether oxygens (including phenoxy) is 1. The summed E-state index contributed by atoms with van der Waals surface area (Å²) in [5.41, 5.74) is -0.0295. The van der Waals surface area contributed by atoms with Crippen LogP contribution in [-0.2, 0) is 16.1 Å². The molecule has 11 nitrogen and oxygen atoms in total. The van der Waals surface area contributed by atoms with Crippen molar-refractivity contribution < 1.29 is 29.0 Å². The van der Waals surface area contributed by atoms with Crippen molar-refractivity contribution in [2.45, 2.75) is 58.6 Å². The monoisotopic (exact) mass is 463 g/mol. The Morgan fingerprint density at radius 1 is 1.18 bits per heavy atom. The van der Waals surface area contributed by atoms with Crippen molar-refractivity contribution >= 4 is 23.9 Å². The van der Waals surface area contributed by atoms with Crippen LogP contribution in [0, 0.1) is 5.92 Å². The number of carboxylic acids is 1. The van der Waals surface area contributed by atoms with E-state index in [0.717, 1.165) is 19.3 Å². The van der Waals surface area contributed by atoms with Crippen molar-refractivity contribution in [3.8, 4) is 0 Å². The molecule has 1 saturated heterocycles. The summed E-state index contributed by atoms with van der Waals surface area (Å²) in [4.78, 5) is 51.4. The summed E-state index contributed by atoms with van der Waals surface area (Å²) in [6, 6.07) is 1.46. The smallest absolute Gasteiger partial charge is 0.410 e. The highest BCUT2D eigenvalue weighted by Crippen LogP contribution is 2.23. The van der Waals surface area contributed by atoms with Gasteiger partial charge in [0.15, 0.2) is 5.69 Å². The number of carboxylic acid groups (broad SMARTS) is 1. The van der Waals surface area contributed by atoms with Crippen molar-refractivity contribution in [2.24, 2.45) is 5.92 Å². The first kappa shape index (κ1) is 24.5. The van der Waals surface area contributed by atoms with E-state index in [1.54, 1.807) is 9.80 Å². The van der Waals surface area contributed by atoms with Crippen LogP contribution in [0.4, 0.5) is 4.79 Å². The van der Waals surface area contributed by atoms with Crippen LogP contribution in [0.1, 0.15) is 67.4 Å². The van der Waals surface area contributed by atoms with Gasteiger partial charge in [-0.2, -0.15) is 5.10 Å². The molecule has 3 rings (SSSR count).